The topological polar surface area (TPSA) is 91.3 Å². The lowest BCUT2D eigenvalue weighted by Crippen LogP contribution is -2.37. The van der Waals surface area contributed by atoms with E-state index in [1.165, 1.54) is 12.1 Å². The zero-order valence-corrected chi connectivity index (χ0v) is 13.9. The predicted octanol–water partition coefficient (Wildman–Crippen LogP) is 0.938. The van der Waals surface area contributed by atoms with E-state index >= 15 is 0 Å². The summed E-state index contributed by atoms with van der Waals surface area (Å²) < 4.78 is 45.8. The van der Waals surface area contributed by atoms with Crippen LogP contribution in [-0.4, -0.2) is 50.5 Å². The molecule has 1 aromatic carbocycles. The van der Waals surface area contributed by atoms with E-state index in [0.29, 0.717) is 0 Å². The number of aliphatic hydroxyl groups is 1. The summed E-state index contributed by atoms with van der Waals surface area (Å²) in [5.41, 5.74) is 0.947. The van der Waals surface area contributed by atoms with Crippen molar-refractivity contribution < 1.29 is 31.9 Å². The molecule has 0 saturated carbocycles. The number of aryl methyl sites for hydroxylation is 1. The zero-order valence-electron chi connectivity index (χ0n) is 13.1. The van der Waals surface area contributed by atoms with Crippen molar-refractivity contribution in [1.29, 1.82) is 0 Å². The Morgan fingerprint density at radius 3 is 2.48 bits per heavy atom. The van der Waals surface area contributed by atoms with Gasteiger partial charge in [0.05, 0.1) is 11.5 Å². The van der Waals surface area contributed by atoms with Crippen LogP contribution in [0.25, 0.3) is 0 Å². The van der Waals surface area contributed by atoms with Gasteiger partial charge in [0.25, 0.3) is 10.1 Å². The third-order valence-electron chi connectivity index (χ3n) is 3.81. The standard InChI is InChI=1S/C15H20O7S/c1-9-4-6-10(7-5-9)23(17,18)19-8-11-12(16)13-14(20-11)22-15(2,3)21-13/h4-7,11-14,16H,8H2,1-3H3/t11-,12+,13+,14-/m0/s1. The average molecular weight is 344 g/mol. The van der Waals surface area contributed by atoms with Gasteiger partial charge in [-0.1, -0.05) is 17.7 Å². The lowest BCUT2D eigenvalue weighted by atomic mass is 10.1. The highest BCUT2D eigenvalue weighted by Gasteiger charge is 2.54. The van der Waals surface area contributed by atoms with Crippen LogP contribution >= 0.6 is 0 Å². The first-order valence-corrected chi connectivity index (χ1v) is 8.74. The number of hydrogen-bond acceptors (Lipinski definition) is 7. The maximum atomic E-state index is 12.1. The van der Waals surface area contributed by atoms with E-state index in [1.807, 2.05) is 6.92 Å². The van der Waals surface area contributed by atoms with E-state index in [1.54, 1.807) is 26.0 Å². The van der Waals surface area contributed by atoms with Crippen LogP contribution in [0.5, 0.6) is 0 Å². The number of hydrogen-bond donors (Lipinski definition) is 1. The molecule has 2 heterocycles. The Balaban J connectivity index is 1.62. The molecule has 8 heteroatoms. The minimum Gasteiger partial charge on any atom is -0.387 e. The molecule has 0 bridgehead atoms. The monoisotopic (exact) mass is 344 g/mol. The second-order valence-corrected chi connectivity index (χ2v) is 7.80. The Bertz CT molecular complexity index is 668. The Hall–Kier alpha value is -1.03. The van der Waals surface area contributed by atoms with Crippen LogP contribution in [0.15, 0.2) is 29.2 Å². The molecule has 2 fully saturated rings. The first kappa shape index (κ1) is 16.8. The molecule has 2 saturated heterocycles. The molecule has 0 unspecified atom stereocenters. The van der Waals surface area contributed by atoms with Crippen molar-refractivity contribution in [1.82, 2.24) is 0 Å². The van der Waals surface area contributed by atoms with Gasteiger partial charge in [0.2, 0.25) is 0 Å². The van der Waals surface area contributed by atoms with Crippen LogP contribution in [0.3, 0.4) is 0 Å². The molecule has 0 amide bonds. The molecule has 1 aromatic rings. The molecular weight excluding hydrogens is 324 g/mol. The second-order valence-electron chi connectivity index (χ2n) is 6.19. The molecule has 0 radical (unpaired) electrons. The predicted molar refractivity (Wildman–Crippen MR) is 79.0 cm³/mol. The van der Waals surface area contributed by atoms with Gasteiger partial charge in [0, 0.05) is 0 Å². The molecule has 23 heavy (non-hydrogen) atoms. The van der Waals surface area contributed by atoms with Gasteiger partial charge >= 0.3 is 0 Å². The van der Waals surface area contributed by atoms with Gasteiger partial charge in [-0.3, -0.25) is 4.18 Å². The number of fused-ring (bicyclic) bond motifs is 1. The lowest BCUT2D eigenvalue weighted by Gasteiger charge is -2.22. The van der Waals surface area contributed by atoms with E-state index < -0.39 is 40.5 Å². The minimum absolute atomic E-state index is 0.0596. The van der Waals surface area contributed by atoms with Crippen molar-refractivity contribution in [3.8, 4) is 0 Å². The Labute approximate surface area is 135 Å². The normalized spacial score (nSPS) is 32.9. The van der Waals surface area contributed by atoms with Crippen molar-refractivity contribution >= 4 is 10.1 Å². The lowest BCUT2D eigenvalue weighted by molar-refractivity contribution is -0.217. The van der Waals surface area contributed by atoms with E-state index in [0.717, 1.165) is 5.56 Å². The largest absolute Gasteiger partial charge is 0.387 e. The fourth-order valence-corrected chi connectivity index (χ4v) is 3.54. The number of benzene rings is 1. The van der Waals surface area contributed by atoms with Gasteiger partial charge in [-0.2, -0.15) is 8.42 Å². The summed E-state index contributed by atoms with van der Waals surface area (Å²) in [5, 5.41) is 10.2. The molecule has 4 atom stereocenters. The first-order valence-electron chi connectivity index (χ1n) is 7.33. The summed E-state index contributed by atoms with van der Waals surface area (Å²) in [7, 11) is -3.91. The van der Waals surface area contributed by atoms with Crippen molar-refractivity contribution in [3.05, 3.63) is 29.8 Å². The SMILES string of the molecule is Cc1ccc(S(=O)(=O)OC[C@@H]2O[C@H]3OC(C)(C)O[C@@H]3[C@@H]2O)cc1. The third kappa shape index (κ3) is 3.42. The van der Waals surface area contributed by atoms with E-state index in [-0.39, 0.29) is 11.5 Å². The van der Waals surface area contributed by atoms with Crippen LogP contribution in [0, 0.1) is 6.92 Å². The highest BCUT2D eigenvalue weighted by Crippen LogP contribution is 2.37. The molecule has 2 aliphatic heterocycles. The summed E-state index contributed by atoms with van der Waals surface area (Å²) in [6.45, 7) is 4.99. The maximum absolute atomic E-state index is 12.1. The Morgan fingerprint density at radius 2 is 1.87 bits per heavy atom. The molecule has 2 aliphatic rings. The van der Waals surface area contributed by atoms with Gasteiger partial charge in [0.1, 0.15) is 18.3 Å². The van der Waals surface area contributed by atoms with Crippen molar-refractivity contribution in [2.75, 3.05) is 6.61 Å². The van der Waals surface area contributed by atoms with Crippen LogP contribution in [-0.2, 0) is 28.5 Å². The molecule has 1 N–H and O–H groups in total. The van der Waals surface area contributed by atoms with Crippen molar-refractivity contribution in [2.45, 2.75) is 56.1 Å². The third-order valence-corrected chi connectivity index (χ3v) is 5.11. The van der Waals surface area contributed by atoms with Gasteiger partial charge in [-0.25, -0.2) is 0 Å². The van der Waals surface area contributed by atoms with Crippen molar-refractivity contribution in [2.24, 2.45) is 0 Å². The van der Waals surface area contributed by atoms with Gasteiger partial charge < -0.3 is 19.3 Å². The fourth-order valence-electron chi connectivity index (χ4n) is 2.63. The molecule has 0 aromatic heterocycles. The zero-order chi connectivity index (χ0) is 16.8. The van der Waals surface area contributed by atoms with E-state index in [4.69, 9.17) is 18.4 Å². The summed E-state index contributed by atoms with van der Waals surface area (Å²) in [4.78, 5) is 0.0596. The number of rotatable bonds is 4. The molecule has 7 nitrogen and oxygen atoms in total. The number of ether oxygens (including phenoxy) is 3. The summed E-state index contributed by atoms with van der Waals surface area (Å²) in [6, 6.07) is 6.32. The minimum atomic E-state index is -3.91. The first-order chi connectivity index (χ1) is 10.7. The highest BCUT2D eigenvalue weighted by molar-refractivity contribution is 7.86. The Morgan fingerprint density at radius 1 is 1.22 bits per heavy atom. The Kier molecular flexibility index (Phi) is 4.24. The summed E-state index contributed by atoms with van der Waals surface area (Å²) in [5.74, 6) is -0.837. The molecule has 3 rings (SSSR count). The molecule has 128 valence electrons. The summed E-state index contributed by atoms with van der Waals surface area (Å²) >= 11 is 0. The van der Waals surface area contributed by atoms with Crippen molar-refractivity contribution in [3.63, 3.8) is 0 Å². The van der Waals surface area contributed by atoms with Crippen LogP contribution in [0.2, 0.25) is 0 Å². The number of aliphatic hydroxyl groups excluding tert-OH is 1. The maximum Gasteiger partial charge on any atom is 0.297 e. The van der Waals surface area contributed by atoms with Crippen LogP contribution < -0.4 is 0 Å². The molecular formula is C15H20O7S. The molecule has 0 aliphatic carbocycles. The van der Waals surface area contributed by atoms with E-state index in [2.05, 4.69) is 0 Å². The highest BCUT2D eigenvalue weighted by atomic mass is 32.2. The van der Waals surface area contributed by atoms with Crippen LogP contribution in [0.1, 0.15) is 19.4 Å². The average Bonchev–Trinajstić information content (AvgIpc) is 2.91. The second kappa shape index (κ2) is 5.80. The quantitative estimate of drug-likeness (QED) is 0.813. The summed E-state index contributed by atoms with van der Waals surface area (Å²) in [6.07, 6.45) is -3.23. The smallest absolute Gasteiger partial charge is 0.297 e. The van der Waals surface area contributed by atoms with Gasteiger partial charge in [-0.15, -0.1) is 0 Å². The fraction of sp³-hybridized carbons (Fsp3) is 0.600. The molecule has 0 spiro atoms. The van der Waals surface area contributed by atoms with E-state index in [9.17, 15) is 13.5 Å². The van der Waals surface area contributed by atoms with Gasteiger partial charge in [0.15, 0.2) is 12.1 Å². The van der Waals surface area contributed by atoms with Crippen LogP contribution in [0.4, 0.5) is 0 Å². The van der Waals surface area contributed by atoms with Gasteiger partial charge in [-0.05, 0) is 32.9 Å².